The van der Waals surface area contributed by atoms with Crippen LogP contribution in [-0.4, -0.2) is 26.5 Å². The van der Waals surface area contributed by atoms with Gasteiger partial charge in [-0.3, -0.25) is 0 Å². The quantitative estimate of drug-likeness (QED) is 0.778. The van der Waals surface area contributed by atoms with Crippen LogP contribution in [0.25, 0.3) is 5.69 Å². The molecule has 15 heavy (non-hydrogen) atoms. The average molecular weight is 221 g/mol. The Labute approximate surface area is 91.7 Å². The lowest BCUT2D eigenvalue weighted by Gasteiger charge is -2.07. The van der Waals surface area contributed by atoms with Gasteiger partial charge >= 0.3 is 0 Å². The molecular formula is C9H11N5S. The molecule has 1 heterocycles. The van der Waals surface area contributed by atoms with Crippen LogP contribution in [0.5, 0.6) is 0 Å². The highest BCUT2D eigenvalue weighted by atomic mass is 32.2. The van der Waals surface area contributed by atoms with Gasteiger partial charge in [-0.25, -0.2) is 0 Å². The Hall–Kier alpha value is -1.40. The Bertz CT molecular complexity index is 453. The van der Waals surface area contributed by atoms with Crippen molar-refractivity contribution in [2.24, 2.45) is 5.73 Å². The molecule has 2 aromatic rings. The maximum Gasteiger partial charge on any atom is 0.170 e. The normalized spacial score (nSPS) is 10.5. The van der Waals surface area contributed by atoms with Crippen molar-refractivity contribution < 1.29 is 0 Å². The monoisotopic (exact) mass is 221 g/mol. The molecule has 0 fully saturated rings. The van der Waals surface area contributed by atoms with Crippen molar-refractivity contribution in [2.75, 3.05) is 6.26 Å². The summed E-state index contributed by atoms with van der Waals surface area (Å²) in [6, 6.07) is 7.95. The van der Waals surface area contributed by atoms with Gasteiger partial charge in [-0.15, -0.1) is 16.9 Å². The zero-order valence-electron chi connectivity index (χ0n) is 8.29. The predicted molar refractivity (Wildman–Crippen MR) is 58.8 cm³/mol. The zero-order chi connectivity index (χ0) is 10.7. The van der Waals surface area contributed by atoms with Crippen LogP contribution in [0.3, 0.4) is 0 Å². The molecule has 0 saturated carbocycles. The number of thioether (sulfide) groups is 1. The first-order valence-electron chi connectivity index (χ1n) is 4.47. The fourth-order valence-electron chi connectivity index (χ4n) is 1.32. The van der Waals surface area contributed by atoms with Crippen LogP contribution in [0.4, 0.5) is 0 Å². The fraction of sp³-hybridized carbons (Fsp3) is 0.222. The Kier molecular flexibility index (Phi) is 2.98. The van der Waals surface area contributed by atoms with Gasteiger partial charge in [0.05, 0.1) is 12.2 Å². The van der Waals surface area contributed by atoms with E-state index in [0.717, 1.165) is 10.6 Å². The van der Waals surface area contributed by atoms with Gasteiger partial charge < -0.3 is 5.73 Å². The SMILES string of the molecule is CSc1ccccc1-n1nnnc1CN. The standard InChI is InChI=1S/C9H11N5S/c1-15-8-5-3-2-4-7(8)14-9(6-10)11-12-13-14/h2-5H,6,10H2,1H3. The van der Waals surface area contributed by atoms with E-state index in [4.69, 9.17) is 5.73 Å². The second-order valence-electron chi connectivity index (χ2n) is 2.88. The molecule has 0 unspecified atom stereocenters. The highest BCUT2D eigenvalue weighted by molar-refractivity contribution is 7.98. The molecule has 0 atom stereocenters. The van der Waals surface area contributed by atoms with Crippen molar-refractivity contribution in [3.63, 3.8) is 0 Å². The maximum atomic E-state index is 5.55. The molecule has 0 bridgehead atoms. The number of hydrogen-bond acceptors (Lipinski definition) is 5. The molecule has 0 saturated heterocycles. The Morgan fingerprint density at radius 2 is 2.20 bits per heavy atom. The average Bonchev–Trinajstić information content (AvgIpc) is 2.76. The minimum absolute atomic E-state index is 0.329. The third-order valence-corrected chi connectivity index (χ3v) is 2.82. The summed E-state index contributed by atoms with van der Waals surface area (Å²) < 4.78 is 1.67. The van der Waals surface area contributed by atoms with Crippen LogP contribution in [0.2, 0.25) is 0 Å². The highest BCUT2D eigenvalue weighted by Gasteiger charge is 2.09. The second kappa shape index (κ2) is 4.41. The lowest BCUT2D eigenvalue weighted by Crippen LogP contribution is -2.08. The molecule has 0 radical (unpaired) electrons. The van der Waals surface area contributed by atoms with Gasteiger partial charge in [0.25, 0.3) is 0 Å². The number of para-hydroxylation sites is 1. The van der Waals surface area contributed by atoms with E-state index in [9.17, 15) is 0 Å². The molecule has 6 heteroatoms. The van der Waals surface area contributed by atoms with Crippen molar-refractivity contribution in [2.45, 2.75) is 11.4 Å². The molecule has 0 aliphatic rings. The Morgan fingerprint density at radius 3 is 2.93 bits per heavy atom. The minimum atomic E-state index is 0.329. The molecule has 2 rings (SSSR count). The van der Waals surface area contributed by atoms with Gasteiger partial charge in [-0.05, 0) is 28.8 Å². The molecule has 2 N–H and O–H groups in total. The number of nitrogens with two attached hydrogens (primary N) is 1. The van der Waals surface area contributed by atoms with Crippen LogP contribution < -0.4 is 5.73 Å². The number of hydrogen-bond donors (Lipinski definition) is 1. The Balaban J connectivity index is 2.53. The summed E-state index contributed by atoms with van der Waals surface area (Å²) >= 11 is 1.66. The summed E-state index contributed by atoms with van der Waals surface area (Å²) in [5.41, 5.74) is 6.52. The van der Waals surface area contributed by atoms with E-state index in [0.29, 0.717) is 12.4 Å². The largest absolute Gasteiger partial charge is 0.324 e. The number of benzene rings is 1. The molecule has 5 nitrogen and oxygen atoms in total. The Morgan fingerprint density at radius 1 is 1.40 bits per heavy atom. The molecule has 0 aliphatic heterocycles. The minimum Gasteiger partial charge on any atom is -0.324 e. The van der Waals surface area contributed by atoms with E-state index in [1.165, 1.54) is 0 Å². The van der Waals surface area contributed by atoms with Gasteiger partial charge in [0.2, 0.25) is 0 Å². The predicted octanol–water partition coefficient (Wildman–Crippen LogP) is 0.843. The van der Waals surface area contributed by atoms with E-state index >= 15 is 0 Å². The van der Waals surface area contributed by atoms with E-state index in [1.807, 2.05) is 30.5 Å². The van der Waals surface area contributed by atoms with Crippen molar-refractivity contribution >= 4 is 11.8 Å². The lowest BCUT2D eigenvalue weighted by atomic mass is 10.3. The number of nitrogens with zero attached hydrogens (tertiary/aromatic N) is 4. The summed E-state index contributed by atoms with van der Waals surface area (Å²) in [5.74, 6) is 0.663. The zero-order valence-corrected chi connectivity index (χ0v) is 9.11. The third kappa shape index (κ3) is 1.86. The van der Waals surface area contributed by atoms with E-state index in [1.54, 1.807) is 16.4 Å². The van der Waals surface area contributed by atoms with Crippen molar-refractivity contribution in [1.29, 1.82) is 0 Å². The van der Waals surface area contributed by atoms with Crippen LogP contribution in [0.1, 0.15) is 5.82 Å². The van der Waals surface area contributed by atoms with E-state index < -0.39 is 0 Å². The first-order valence-corrected chi connectivity index (χ1v) is 5.70. The van der Waals surface area contributed by atoms with Gasteiger partial charge in [0.1, 0.15) is 0 Å². The molecule has 0 spiro atoms. The summed E-state index contributed by atoms with van der Waals surface area (Å²) in [5, 5.41) is 11.4. The van der Waals surface area contributed by atoms with Crippen LogP contribution >= 0.6 is 11.8 Å². The first kappa shape index (κ1) is 10.1. The molecular weight excluding hydrogens is 210 g/mol. The molecule has 1 aromatic heterocycles. The summed E-state index contributed by atoms with van der Waals surface area (Å²) in [6.07, 6.45) is 2.02. The van der Waals surface area contributed by atoms with E-state index in [-0.39, 0.29) is 0 Å². The number of tetrazole rings is 1. The fourth-order valence-corrected chi connectivity index (χ4v) is 1.90. The van der Waals surface area contributed by atoms with Crippen LogP contribution in [0, 0.1) is 0 Å². The highest BCUT2D eigenvalue weighted by Crippen LogP contribution is 2.23. The van der Waals surface area contributed by atoms with Crippen molar-refractivity contribution in [3.05, 3.63) is 30.1 Å². The molecule has 1 aromatic carbocycles. The molecule has 0 aliphatic carbocycles. The van der Waals surface area contributed by atoms with Gasteiger partial charge in [-0.2, -0.15) is 4.68 Å². The molecule has 0 amide bonds. The molecule has 78 valence electrons. The van der Waals surface area contributed by atoms with E-state index in [2.05, 4.69) is 15.5 Å². The van der Waals surface area contributed by atoms with Gasteiger partial charge in [0, 0.05) is 4.90 Å². The van der Waals surface area contributed by atoms with Crippen molar-refractivity contribution in [3.8, 4) is 5.69 Å². The van der Waals surface area contributed by atoms with Gasteiger partial charge in [0.15, 0.2) is 5.82 Å². The smallest absolute Gasteiger partial charge is 0.170 e. The second-order valence-corrected chi connectivity index (χ2v) is 3.73. The number of rotatable bonds is 3. The first-order chi connectivity index (χ1) is 7.36. The maximum absolute atomic E-state index is 5.55. The van der Waals surface area contributed by atoms with Crippen LogP contribution in [0.15, 0.2) is 29.2 Å². The topological polar surface area (TPSA) is 69.6 Å². The third-order valence-electron chi connectivity index (χ3n) is 2.03. The summed E-state index contributed by atoms with van der Waals surface area (Å²) in [6.45, 7) is 0.329. The van der Waals surface area contributed by atoms with Crippen LogP contribution in [-0.2, 0) is 6.54 Å². The van der Waals surface area contributed by atoms with Gasteiger partial charge in [-0.1, -0.05) is 12.1 Å². The lowest BCUT2D eigenvalue weighted by molar-refractivity contribution is 0.751. The summed E-state index contributed by atoms with van der Waals surface area (Å²) in [4.78, 5) is 1.12. The number of aromatic nitrogens is 4. The van der Waals surface area contributed by atoms with Crippen molar-refractivity contribution in [1.82, 2.24) is 20.2 Å². The summed E-state index contributed by atoms with van der Waals surface area (Å²) in [7, 11) is 0.